The van der Waals surface area contributed by atoms with E-state index >= 15 is 0 Å². The van der Waals surface area contributed by atoms with Gasteiger partial charge in [0.15, 0.2) is 0 Å². The molecule has 1 unspecified atom stereocenters. The molecule has 90 valence electrons. The van der Waals surface area contributed by atoms with Crippen LogP contribution in [0.1, 0.15) is 38.2 Å². The van der Waals surface area contributed by atoms with Crippen LogP contribution in [0.4, 0.5) is 8.78 Å². The predicted molar refractivity (Wildman–Crippen MR) is 62.2 cm³/mol. The van der Waals surface area contributed by atoms with Gasteiger partial charge in [0.1, 0.15) is 11.6 Å². The summed E-state index contributed by atoms with van der Waals surface area (Å²) in [6.45, 7) is 2.10. The van der Waals surface area contributed by atoms with Crippen molar-refractivity contribution >= 4 is 0 Å². The highest BCUT2D eigenvalue weighted by Gasteiger charge is 2.03. The molecule has 0 radical (unpaired) electrons. The molecule has 0 aromatic heterocycles. The molecule has 0 heterocycles. The summed E-state index contributed by atoms with van der Waals surface area (Å²) in [5.41, 5.74) is 6.57. The van der Waals surface area contributed by atoms with Gasteiger partial charge in [-0.15, -0.1) is 0 Å². The Hall–Kier alpha value is -0.960. The second-order valence-electron chi connectivity index (χ2n) is 4.22. The lowest BCUT2D eigenvalue weighted by Gasteiger charge is -2.09. The molecule has 1 nitrogen and oxygen atoms in total. The Morgan fingerprint density at radius 2 is 1.75 bits per heavy atom. The van der Waals surface area contributed by atoms with Crippen LogP contribution in [0.3, 0.4) is 0 Å². The van der Waals surface area contributed by atoms with Crippen LogP contribution < -0.4 is 5.73 Å². The second kappa shape index (κ2) is 6.59. The van der Waals surface area contributed by atoms with Gasteiger partial charge < -0.3 is 5.73 Å². The Labute approximate surface area is 95.7 Å². The van der Waals surface area contributed by atoms with Gasteiger partial charge >= 0.3 is 0 Å². The number of benzene rings is 1. The Bertz CT molecular complexity index is 305. The molecule has 16 heavy (non-hydrogen) atoms. The molecule has 1 atom stereocenters. The van der Waals surface area contributed by atoms with Gasteiger partial charge in [0.2, 0.25) is 0 Å². The van der Waals surface area contributed by atoms with Crippen molar-refractivity contribution in [2.24, 2.45) is 5.73 Å². The summed E-state index contributed by atoms with van der Waals surface area (Å²) < 4.78 is 25.7. The minimum atomic E-state index is -0.507. The summed E-state index contributed by atoms with van der Waals surface area (Å²) in [7, 11) is 0. The van der Waals surface area contributed by atoms with E-state index in [9.17, 15) is 8.78 Å². The van der Waals surface area contributed by atoms with Gasteiger partial charge in [0.05, 0.1) is 0 Å². The summed E-state index contributed by atoms with van der Waals surface area (Å²) in [6, 6.07) is 3.87. The quantitative estimate of drug-likeness (QED) is 0.791. The SMILES string of the molecule is CCCC(N)CCCc1cc(F)cc(F)c1. The van der Waals surface area contributed by atoms with Crippen molar-refractivity contribution in [1.82, 2.24) is 0 Å². The fourth-order valence-electron chi connectivity index (χ4n) is 1.84. The fraction of sp³-hybridized carbons (Fsp3) is 0.538. The molecule has 0 saturated carbocycles. The number of rotatable bonds is 6. The van der Waals surface area contributed by atoms with Crippen LogP contribution >= 0.6 is 0 Å². The van der Waals surface area contributed by atoms with Crippen LogP contribution in [0.2, 0.25) is 0 Å². The molecule has 0 aliphatic heterocycles. The molecule has 0 aliphatic carbocycles. The highest BCUT2D eigenvalue weighted by atomic mass is 19.1. The van der Waals surface area contributed by atoms with E-state index in [0.717, 1.165) is 31.7 Å². The number of nitrogens with two attached hydrogens (primary N) is 1. The average Bonchev–Trinajstić information content (AvgIpc) is 2.16. The van der Waals surface area contributed by atoms with E-state index in [2.05, 4.69) is 6.92 Å². The lowest BCUT2D eigenvalue weighted by Crippen LogP contribution is -2.19. The zero-order valence-electron chi connectivity index (χ0n) is 9.68. The second-order valence-corrected chi connectivity index (χ2v) is 4.22. The minimum absolute atomic E-state index is 0.211. The molecule has 1 aromatic carbocycles. The molecule has 0 aliphatic rings. The lowest BCUT2D eigenvalue weighted by molar-refractivity contribution is 0.536. The first-order valence-electron chi connectivity index (χ1n) is 5.82. The molecule has 1 aromatic rings. The van der Waals surface area contributed by atoms with Crippen LogP contribution in [-0.4, -0.2) is 6.04 Å². The average molecular weight is 227 g/mol. The van der Waals surface area contributed by atoms with E-state index in [0.29, 0.717) is 12.0 Å². The highest BCUT2D eigenvalue weighted by Crippen LogP contribution is 2.12. The Kier molecular flexibility index (Phi) is 5.39. The standard InChI is InChI=1S/C13H19F2N/c1-2-4-13(16)6-3-5-10-7-11(14)9-12(15)8-10/h7-9,13H,2-6,16H2,1H3. The zero-order chi connectivity index (χ0) is 12.0. The third-order valence-corrected chi connectivity index (χ3v) is 2.62. The van der Waals surface area contributed by atoms with Crippen LogP contribution in [0.5, 0.6) is 0 Å². The molecule has 0 spiro atoms. The Morgan fingerprint density at radius 3 is 2.31 bits per heavy atom. The van der Waals surface area contributed by atoms with Gasteiger partial charge in [-0.3, -0.25) is 0 Å². The van der Waals surface area contributed by atoms with E-state index in [4.69, 9.17) is 5.73 Å². The molecule has 2 N–H and O–H groups in total. The number of aryl methyl sites for hydroxylation is 1. The molecule has 0 amide bonds. The van der Waals surface area contributed by atoms with Crippen LogP contribution in [0.25, 0.3) is 0 Å². The molecule has 0 saturated heterocycles. The Morgan fingerprint density at radius 1 is 1.12 bits per heavy atom. The maximum atomic E-state index is 12.9. The lowest BCUT2D eigenvalue weighted by atomic mass is 10.0. The van der Waals surface area contributed by atoms with Crippen molar-refractivity contribution in [3.05, 3.63) is 35.4 Å². The molecular weight excluding hydrogens is 208 g/mol. The van der Waals surface area contributed by atoms with Crippen molar-refractivity contribution in [2.75, 3.05) is 0 Å². The van der Waals surface area contributed by atoms with Gasteiger partial charge in [-0.2, -0.15) is 0 Å². The predicted octanol–water partition coefficient (Wildman–Crippen LogP) is 3.41. The fourth-order valence-corrected chi connectivity index (χ4v) is 1.84. The van der Waals surface area contributed by atoms with Crippen LogP contribution in [0.15, 0.2) is 18.2 Å². The number of hydrogen-bond donors (Lipinski definition) is 1. The van der Waals surface area contributed by atoms with Crippen LogP contribution in [0, 0.1) is 11.6 Å². The van der Waals surface area contributed by atoms with Crippen molar-refractivity contribution in [3.8, 4) is 0 Å². The van der Waals surface area contributed by atoms with E-state index in [1.54, 1.807) is 0 Å². The van der Waals surface area contributed by atoms with E-state index < -0.39 is 11.6 Å². The Balaban J connectivity index is 2.37. The maximum absolute atomic E-state index is 12.9. The van der Waals surface area contributed by atoms with Crippen LogP contribution in [-0.2, 0) is 6.42 Å². The molecule has 0 bridgehead atoms. The molecular formula is C13H19F2N. The minimum Gasteiger partial charge on any atom is -0.328 e. The summed E-state index contributed by atoms with van der Waals surface area (Å²) >= 11 is 0. The monoisotopic (exact) mass is 227 g/mol. The molecule has 3 heteroatoms. The van der Waals surface area contributed by atoms with Gasteiger partial charge in [0.25, 0.3) is 0 Å². The topological polar surface area (TPSA) is 26.0 Å². The summed E-state index contributed by atoms with van der Waals surface area (Å²) in [5.74, 6) is -1.01. The third kappa shape index (κ3) is 4.71. The molecule has 1 rings (SSSR count). The summed E-state index contributed by atoms with van der Waals surface area (Å²) in [4.78, 5) is 0. The normalized spacial score (nSPS) is 12.8. The summed E-state index contributed by atoms with van der Waals surface area (Å²) in [5, 5.41) is 0. The van der Waals surface area contributed by atoms with Gasteiger partial charge in [0, 0.05) is 12.1 Å². The van der Waals surface area contributed by atoms with Crippen molar-refractivity contribution < 1.29 is 8.78 Å². The van der Waals surface area contributed by atoms with E-state index in [1.807, 2.05) is 0 Å². The van der Waals surface area contributed by atoms with Crippen molar-refractivity contribution in [1.29, 1.82) is 0 Å². The van der Waals surface area contributed by atoms with Gasteiger partial charge in [-0.25, -0.2) is 8.78 Å². The first-order valence-corrected chi connectivity index (χ1v) is 5.82. The largest absolute Gasteiger partial charge is 0.328 e. The summed E-state index contributed by atoms with van der Waals surface area (Å²) in [6.07, 6.45) is 4.56. The third-order valence-electron chi connectivity index (χ3n) is 2.62. The first kappa shape index (κ1) is 13.1. The number of hydrogen-bond acceptors (Lipinski definition) is 1. The zero-order valence-corrected chi connectivity index (χ0v) is 9.68. The first-order chi connectivity index (χ1) is 7.61. The van der Waals surface area contributed by atoms with Gasteiger partial charge in [-0.05, 0) is 43.4 Å². The van der Waals surface area contributed by atoms with E-state index in [1.165, 1.54) is 12.1 Å². The maximum Gasteiger partial charge on any atom is 0.126 e. The highest BCUT2D eigenvalue weighted by molar-refractivity contribution is 5.17. The van der Waals surface area contributed by atoms with E-state index in [-0.39, 0.29) is 6.04 Å². The van der Waals surface area contributed by atoms with Crippen molar-refractivity contribution in [3.63, 3.8) is 0 Å². The van der Waals surface area contributed by atoms with Crippen molar-refractivity contribution in [2.45, 2.75) is 45.1 Å². The smallest absolute Gasteiger partial charge is 0.126 e. The van der Waals surface area contributed by atoms with Gasteiger partial charge in [-0.1, -0.05) is 13.3 Å². The number of halogens is 2. The molecule has 0 fully saturated rings.